The zero-order chi connectivity index (χ0) is 9.42. The van der Waals surface area contributed by atoms with Gasteiger partial charge in [0.25, 0.3) is 0 Å². The molecule has 0 radical (unpaired) electrons. The van der Waals surface area contributed by atoms with Crippen LogP contribution in [0.4, 0.5) is 0 Å². The van der Waals surface area contributed by atoms with Crippen molar-refractivity contribution in [2.45, 2.75) is 24.6 Å². The van der Waals surface area contributed by atoms with Crippen LogP contribution in [0, 0.1) is 5.92 Å². The molecule has 0 aromatic heterocycles. The highest BCUT2D eigenvalue weighted by molar-refractivity contribution is 7.85. The van der Waals surface area contributed by atoms with Gasteiger partial charge in [0.2, 0.25) is 0 Å². The first-order valence-corrected chi connectivity index (χ1v) is 6.32. The SMILES string of the molecule is CC1CN(C2CC2CO)CCS1=O. The molecule has 1 aliphatic heterocycles. The van der Waals surface area contributed by atoms with Crippen LogP contribution in [0.15, 0.2) is 0 Å². The van der Waals surface area contributed by atoms with Gasteiger partial charge in [-0.3, -0.25) is 9.11 Å². The van der Waals surface area contributed by atoms with E-state index in [2.05, 4.69) is 11.8 Å². The monoisotopic (exact) mass is 203 g/mol. The summed E-state index contributed by atoms with van der Waals surface area (Å²) in [4.78, 5) is 2.40. The molecule has 0 spiro atoms. The molecule has 0 amide bonds. The lowest BCUT2D eigenvalue weighted by atomic mass is 10.3. The smallest absolute Gasteiger partial charge is 0.0474 e. The average Bonchev–Trinajstić information content (AvgIpc) is 2.88. The van der Waals surface area contributed by atoms with Gasteiger partial charge in [-0.25, -0.2) is 0 Å². The largest absolute Gasteiger partial charge is 0.396 e. The Morgan fingerprint density at radius 2 is 2.38 bits per heavy atom. The van der Waals surface area contributed by atoms with Crippen LogP contribution in [0.25, 0.3) is 0 Å². The minimum Gasteiger partial charge on any atom is -0.396 e. The fourth-order valence-corrected chi connectivity index (χ4v) is 3.26. The predicted molar refractivity (Wildman–Crippen MR) is 53.0 cm³/mol. The Morgan fingerprint density at radius 1 is 1.62 bits per heavy atom. The van der Waals surface area contributed by atoms with Crippen LogP contribution in [-0.4, -0.2) is 51.0 Å². The Morgan fingerprint density at radius 3 is 2.92 bits per heavy atom. The number of aliphatic hydroxyl groups excluding tert-OH is 1. The maximum Gasteiger partial charge on any atom is 0.0474 e. The first-order valence-electron chi connectivity index (χ1n) is 4.94. The number of nitrogens with zero attached hydrogens (tertiary/aromatic N) is 1. The molecule has 13 heavy (non-hydrogen) atoms. The molecule has 1 aliphatic carbocycles. The van der Waals surface area contributed by atoms with Gasteiger partial charge in [-0.05, 0) is 19.3 Å². The van der Waals surface area contributed by atoms with Crippen molar-refractivity contribution in [3.05, 3.63) is 0 Å². The molecule has 2 aliphatic rings. The lowest BCUT2D eigenvalue weighted by Crippen LogP contribution is -2.44. The molecule has 1 heterocycles. The Balaban J connectivity index is 1.86. The molecule has 0 bridgehead atoms. The van der Waals surface area contributed by atoms with Crippen LogP contribution >= 0.6 is 0 Å². The topological polar surface area (TPSA) is 40.5 Å². The molecular weight excluding hydrogens is 186 g/mol. The molecule has 1 N–H and O–H groups in total. The van der Waals surface area contributed by atoms with E-state index in [1.807, 2.05) is 0 Å². The fraction of sp³-hybridized carbons (Fsp3) is 1.00. The molecule has 4 unspecified atom stereocenters. The highest BCUT2D eigenvalue weighted by atomic mass is 32.2. The average molecular weight is 203 g/mol. The third kappa shape index (κ3) is 1.95. The van der Waals surface area contributed by atoms with Crippen molar-refractivity contribution in [2.24, 2.45) is 5.92 Å². The molecule has 76 valence electrons. The summed E-state index contributed by atoms with van der Waals surface area (Å²) in [6.45, 7) is 4.28. The predicted octanol–water partition coefficient (Wildman–Crippen LogP) is -0.180. The third-order valence-corrected chi connectivity index (χ3v) is 4.74. The van der Waals surface area contributed by atoms with Gasteiger partial charge in [0.15, 0.2) is 0 Å². The van der Waals surface area contributed by atoms with E-state index >= 15 is 0 Å². The van der Waals surface area contributed by atoms with Gasteiger partial charge in [-0.1, -0.05) is 0 Å². The van der Waals surface area contributed by atoms with Crippen molar-refractivity contribution in [1.82, 2.24) is 4.90 Å². The van der Waals surface area contributed by atoms with E-state index in [4.69, 9.17) is 5.11 Å². The van der Waals surface area contributed by atoms with Crippen LogP contribution in [0.2, 0.25) is 0 Å². The third-order valence-electron chi connectivity index (χ3n) is 3.11. The first-order chi connectivity index (χ1) is 6.22. The quantitative estimate of drug-likeness (QED) is 0.677. The summed E-state index contributed by atoms with van der Waals surface area (Å²) >= 11 is 0. The lowest BCUT2D eigenvalue weighted by Gasteiger charge is -2.30. The fourth-order valence-electron chi connectivity index (χ4n) is 2.09. The second kappa shape index (κ2) is 3.67. The highest BCUT2D eigenvalue weighted by Crippen LogP contribution is 2.36. The normalized spacial score (nSPS) is 46.3. The Labute approximate surface area is 81.6 Å². The summed E-state index contributed by atoms with van der Waals surface area (Å²) < 4.78 is 11.4. The van der Waals surface area contributed by atoms with Crippen LogP contribution in [0.5, 0.6) is 0 Å². The number of hydrogen-bond donors (Lipinski definition) is 1. The lowest BCUT2D eigenvalue weighted by molar-refractivity contribution is 0.220. The number of aliphatic hydroxyl groups is 1. The van der Waals surface area contributed by atoms with Crippen LogP contribution in [0.1, 0.15) is 13.3 Å². The van der Waals surface area contributed by atoms with Crippen molar-refractivity contribution in [1.29, 1.82) is 0 Å². The summed E-state index contributed by atoms with van der Waals surface area (Å²) in [5, 5.41) is 9.25. The molecule has 4 atom stereocenters. The standard InChI is InChI=1S/C9H17NO2S/c1-7-5-10(2-3-13(7)12)9-4-8(9)6-11/h7-9,11H,2-6H2,1H3. The molecule has 1 saturated heterocycles. The highest BCUT2D eigenvalue weighted by Gasteiger charge is 2.42. The molecule has 0 aromatic rings. The first kappa shape index (κ1) is 9.62. The van der Waals surface area contributed by atoms with E-state index in [1.54, 1.807) is 0 Å². The van der Waals surface area contributed by atoms with Crippen molar-refractivity contribution < 1.29 is 9.32 Å². The van der Waals surface area contributed by atoms with E-state index in [0.717, 1.165) is 25.3 Å². The van der Waals surface area contributed by atoms with Gasteiger partial charge in [0.05, 0.1) is 0 Å². The minimum absolute atomic E-state index is 0.314. The van der Waals surface area contributed by atoms with E-state index in [1.165, 1.54) is 0 Å². The van der Waals surface area contributed by atoms with Gasteiger partial charge < -0.3 is 5.11 Å². The zero-order valence-corrected chi connectivity index (χ0v) is 8.80. The van der Waals surface area contributed by atoms with E-state index in [9.17, 15) is 4.21 Å². The van der Waals surface area contributed by atoms with Gasteiger partial charge in [0, 0.05) is 47.5 Å². The zero-order valence-electron chi connectivity index (χ0n) is 7.98. The van der Waals surface area contributed by atoms with Crippen molar-refractivity contribution in [3.8, 4) is 0 Å². The van der Waals surface area contributed by atoms with Crippen molar-refractivity contribution >= 4 is 10.8 Å². The Bertz CT molecular complexity index is 222. The van der Waals surface area contributed by atoms with Crippen LogP contribution in [-0.2, 0) is 10.8 Å². The minimum atomic E-state index is -0.612. The molecule has 1 saturated carbocycles. The van der Waals surface area contributed by atoms with E-state index < -0.39 is 10.8 Å². The molecule has 2 rings (SSSR count). The molecule has 4 heteroatoms. The van der Waals surface area contributed by atoms with Crippen LogP contribution < -0.4 is 0 Å². The molecular formula is C9H17NO2S. The van der Waals surface area contributed by atoms with Crippen molar-refractivity contribution in [2.75, 3.05) is 25.4 Å². The van der Waals surface area contributed by atoms with E-state index in [0.29, 0.717) is 23.8 Å². The van der Waals surface area contributed by atoms with Gasteiger partial charge in [-0.15, -0.1) is 0 Å². The van der Waals surface area contributed by atoms with E-state index in [-0.39, 0.29) is 0 Å². The second-order valence-corrected chi connectivity index (χ2v) is 6.11. The molecule has 0 aromatic carbocycles. The summed E-state index contributed by atoms with van der Waals surface area (Å²) in [6.07, 6.45) is 1.13. The van der Waals surface area contributed by atoms with Gasteiger partial charge >= 0.3 is 0 Å². The molecule has 2 fully saturated rings. The maximum atomic E-state index is 11.4. The maximum absolute atomic E-state index is 11.4. The van der Waals surface area contributed by atoms with Gasteiger partial charge in [-0.2, -0.15) is 0 Å². The summed E-state index contributed by atoms with van der Waals surface area (Å²) in [5.41, 5.74) is 0. The molecule has 3 nitrogen and oxygen atoms in total. The second-order valence-electron chi connectivity index (χ2n) is 4.14. The summed E-state index contributed by atoms with van der Waals surface area (Å²) in [6, 6.07) is 0.588. The summed E-state index contributed by atoms with van der Waals surface area (Å²) in [7, 11) is -0.612. The van der Waals surface area contributed by atoms with Crippen LogP contribution in [0.3, 0.4) is 0 Å². The Hall–Kier alpha value is 0.0700. The van der Waals surface area contributed by atoms with Gasteiger partial charge in [0.1, 0.15) is 0 Å². The van der Waals surface area contributed by atoms with Crippen molar-refractivity contribution in [3.63, 3.8) is 0 Å². The number of rotatable bonds is 2. The Kier molecular flexibility index (Phi) is 2.72. The summed E-state index contributed by atoms with van der Waals surface area (Å²) in [5.74, 6) is 1.31. The number of hydrogen-bond acceptors (Lipinski definition) is 3.